The summed E-state index contributed by atoms with van der Waals surface area (Å²) in [4.78, 5) is 23.2. The quantitative estimate of drug-likeness (QED) is 0.637. The number of carboxylic acid groups (broad SMARTS) is 1. The zero-order valence-electron chi connectivity index (χ0n) is 12.5. The van der Waals surface area contributed by atoms with E-state index in [9.17, 15) is 19.8 Å². The van der Waals surface area contributed by atoms with Crippen molar-refractivity contribution in [2.75, 3.05) is 7.11 Å². The highest BCUT2D eigenvalue weighted by atomic mass is 16.6. The number of hydrogen-bond donors (Lipinski definition) is 2. The average Bonchev–Trinajstić information content (AvgIpc) is 2.34. The minimum Gasteiger partial charge on any atom is -0.504 e. The van der Waals surface area contributed by atoms with Gasteiger partial charge >= 0.3 is 11.9 Å². The van der Waals surface area contributed by atoms with Crippen LogP contribution >= 0.6 is 0 Å². The van der Waals surface area contributed by atoms with E-state index in [0.717, 1.165) is 0 Å². The smallest absolute Gasteiger partial charge is 0.321 e. The van der Waals surface area contributed by atoms with Crippen molar-refractivity contribution in [3.05, 3.63) is 23.8 Å². The lowest BCUT2D eigenvalue weighted by Gasteiger charge is -2.22. The van der Waals surface area contributed by atoms with Crippen molar-refractivity contribution >= 4 is 11.9 Å². The zero-order valence-corrected chi connectivity index (χ0v) is 12.5. The van der Waals surface area contributed by atoms with Gasteiger partial charge in [-0.3, -0.25) is 9.59 Å². The van der Waals surface area contributed by atoms with Gasteiger partial charge in [0.25, 0.3) is 0 Å². The number of rotatable bonds is 5. The normalized spacial score (nSPS) is 12.6. The molecule has 0 spiro atoms. The summed E-state index contributed by atoms with van der Waals surface area (Å²) in [6, 6.07) is 4.43. The van der Waals surface area contributed by atoms with Crippen LogP contribution in [0.4, 0.5) is 0 Å². The van der Waals surface area contributed by atoms with E-state index >= 15 is 0 Å². The Morgan fingerprint density at radius 1 is 1.29 bits per heavy atom. The van der Waals surface area contributed by atoms with Crippen LogP contribution in [0.1, 0.15) is 26.3 Å². The number of ether oxygens (including phenoxy) is 2. The minimum atomic E-state index is -1.31. The first kappa shape index (κ1) is 16.8. The molecule has 0 saturated heterocycles. The number of phenols is 1. The number of benzene rings is 1. The van der Waals surface area contributed by atoms with E-state index in [1.807, 2.05) is 0 Å². The predicted molar refractivity (Wildman–Crippen MR) is 75.3 cm³/mol. The molecule has 0 fully saturated rings. The summed E-state index contributed by atoms with van der Waals surface area (Å²) in [5, 5.41) is 18.7. The van der Waals surface area contributed by atoms with Gasteiger partial charge in [0.1, 0.15) is 5.60 Å². The van der Waals surface area contributed by atoms with Crippen molar-refractivity contribution in [1.29, 1.82) is 0 Å². The molecular weight excluding hydrogens is 276 g/mol. The van der Waals surface area contributed by atoms with Gasteiger partial charge in [0.2, 0.25) is 0 Å². The summed E-state index contributed by atoms with van der Waals surface area (Å²) >= 11 is 0. The highest BCUT2D eigenvalue weighted by Gasteiger charge is 2.31. The van der Waals surface area contributed by atoms with Gasteiger partial charge < -0.3 is 19.7 Å². The van der Waals surface area contributed by atoms with Gasteiger partial charge in [-0.2, -0.15) is 0 Å². The number of aromatic hydroxyl groups is 1. The van der Waals surface area contributed by atoms with Crippen LogP contribution in [0.5, 0.6) is 11.5 Å². The topological polar surface area (TPSA) is 93.1 Å². The van der Waals surface area contributed by atoms with E-state index in [0.29, 0.717) is 5.56 Å². The Morgan fingerprint density at radius 2 is 1.90 bits per heavy atom. The summed E-state index contributed by atoms with van der Waals surface area (Å²) < 4.78 is 10.1. The monoisotopic (exact) mass is 296 g/mol. The number of carbonyl (C=O) groups excluding carboxylic acids is 1. The van der Waals surface area contributed by atoms with Crippen molar-refractivity contribution in [3.8, 4) is 11.5 Å². The number of methoxy groups -OCH3 is 1. The predicted octanol–water partition coefficient (Wildman–Crippen LogP) is 1.99. The fourth-order valence-electron chi connectivity index (χ4n) is 1.73. The lowest BCUT2D eigenvalue weighted by molar-refractivity contribution is -0.166. The molecule has 0 aliphatic carbocycles. The van der Waals surface area contributed by atoms with E-state index in [1.165, 1.54) is 25.3 Å². The molecule has 0 radical (unpaired) electrons. The average molecular weight is 296 g/mol. The number of esters is 1. The van der Waals surface area contributed by atoms with Crippen LogP contribution in [-0.2, 0) is 20.7 Å². The minimum absolute atomic E-state index is 0.0408. The highest BCUT2D eigenvalue weighted by molar-refractivity contribution is 5.94. The summed E-state index contributed by atoms with van der Waals surface area (Å²) in [6.07, 6.45) is -0.0408. The Bertz CT molecular complexity index is 529. The van der Waals surface area contributed by atoms with E-state index in [-0.39, 0.29) is 17.9 Å². The third-order valence-electron chi connectivity index (χ3n) is 2.67. The van der Waals surface area contributed by atoms with E-state index in [2.05, 4.69) is 0 Å². The molecule has 0 saturated carbocycles. The fourth-order valence-corrected chi connectivity index (χ4v) is 1.73. The molecular formula is C15H20O6. The number of hydrogen-bond acceptors (Lipinski definition) is 5. The zero-order chi connectivity index (χ0) is 16.2. The van der Waals surface area contributed by atoms with Crippen LogP contribution in [-0.4, -0.2) is 34.9 Å². The van der Waals surface area contributed by atoms with Gasteiger partial charge in [0.15, 0.2) is 17.4 Å². The molecule has 1 aromatic rings. The molecule has 6 nitrogen and oxygen atoms in total. The lowest BCUT2D eigenvalue weighted by Crippen LogP contribution is -2.33. The van der Waals surface area contributed by atoms with Gasteiger partial charge in [-0.1, -0.05) is 6.07 Å². The number of phenolic OH excluding ortho intramolecular Hbond substituents is 1. The number of carbonyl (C=O) groups is 2. The molecule has 2 N–H and O–H groups in total. The summed E-state index contributed by atoms with van der Waals surface area (Å²) in [7, 11) is 1.39. The fraction of sp³-hybridized carbons (Fsp3) is 0.467. The van der Waals surface area contributed by atoms with E-state index in [1.54, 1.807) is 20.8 Å². The first-order valence-electron chi connectivity index (χ1n) is 6.45. The maximum Gasteiger partial charge on any atom is 0.321 e. The molecule has 0 aromatic heterocycles. The van der Waals surface area contributed by atoms with Crippen molar-refractivity contribution in [2.45, 2.75) is 32.8 Å². The van der Waals surface area contributed by atoms with Crippen molar-refractivity contribution < 1.29 is 29.3 Å². The first-order valence-corrected chi connectivity index (χ1v) is 6.45. The maximum absolute atomic E-state index is 11.9. The molecule has 116 valence electrons. The Balaban J connectivity index is 2.94. The van der Waals surface area contributed by atoms with Crippen molar-refractivity contribution in [2.24, 2.45) is 5.92 Å². The SMILES string of the molecule is COc1cc(CC(C(=O)O)C(=O)OC(C)(C)C)ccc1O. The molecule has 1 atom stereocenters. The summed E-state index contributed by atoms with van der Waals surface area (Å²) in [5.41, 5.74) is -0.194. The van der Waals surface area contributed by atoms with Crippen LogP contribution in [0.3, 0.4) is 0 Å². The Morgan fingerprint density at radius 3 is 2.38 bits per heavy atom. The molecule has 0 aliphatic rings. The third kappa shape index (κ3) is 4.98. The Kier molecular flexibility index (Phi) is 5.18. The molecule has 0 heterocycles. The summed E-state index contributed by atoms with van der Waals surface area (Å²) in [5.74, 6) is -3.18. The Hall–Kier alpha value is -2.24. The Labute approximate surface area is 123 Å². The second-order valence-electron chi connectivity index (χ2n) is 5.63. The van der Waals surface area contributed by atoms with Gasteiger partial charge in [0.05, 0.1) is 7.11 Å². The van der Waals surface area contributed by atoms with Crippen LogP contribution < -0.4 is 4.74 Å². The molecule has 0 amide bonds. The van der Waals surface area contributed by atoms with Crippen LogP contribution in [0.15, 0.2) is 18.2 Å². The van der Waals surface area contributed by atoms with Gasteiger partial charge in [-0.15, -0.1) is 0 Å². The molecule has 6 heteroatoms. The number of aliphatic carboxylic acids is 1. The van der Waals surface area contributed by atoms with Crippen LogP contribution in [0.25, 0.3) is 0 Å². The molecule has 0 bridgehead atoms. The van der Waals surface area contributed by atoms with Crippen LogP contribution in [0, 0.1) is 5.92 Å². The number of carboxylic acids is 1. The van der Waals surface area contributed by atoms with Gasteiger partial charge in [-0.05, 0) is 44.9 Å². The third-order valence-corrected chi connectivity index (χ3v) is 2.67. The van der Waals surface area contributed by atoms with Crippen molar-refractivity contribution in [1.82, 2.24) is 0 Å². The largest absolute Gasteiger partial charge is 0.504 e. The maximum atomic E-state index is 11.9. The molecule has 1 aromatic carbocycles. The van der Waals surface area contributed by atoms with E-state index < -0.39 is 23.5 Å². The first-order chi connectivity index (χ1) is 9.64. The molecule has 1 unspecified atom stereocenters. The standard InChI is InChI=1S/C15H20O6/c1-15(2,3)21-14(19)10(13(17)18)7-9-5-6-11(16)12(8-9)20-4/h5-6,8,10,16H,7H2,1-4H3,(H,17,18). The molecule has 0 aliphatic heterocycles. The second-order valence-corrected chi connectivity index (χ2v) is 5.63. The summed E-state index contributed by atoms with van der Waals surface area (Å²) in [6.45, 7) is 5.02. The van der Waals surface area contributed by atoms with E-state index in [4.69, 9.17) is 9.47 Å². The molecule has 21 heavy (non-hydrogen) atoms. The second kappa shape index (κ2) is 6.47. The van der Waals surface area contributed by atoms with Crippen LogP contribution in [0.2, 0.25) is 0 Å². The highest BCUT2D eigenvalue weighted by Crippen LogP contribution is 2.27. The van der Waals surface area contributed by atoms with Gasteiger partial charge in [0, 0.05) is 0 Å². The van der Waals surface area contributed by atoms with Gasteiger partial charge in [-0.25, -0.2) is 0 Å². The molecule has 1 rings (SSSR count). The lowest BCUT2D eigenvalue weighted by atomic mass is 9.99. The van der Waals surface area contributed by atoms with Crippen molar-refractivity contribution in [3.63, 3.8) is 0 Å².